The summed E-state index contributed by atoms with van der Waals surface area (Å²) in [6.07, 6.45) is -0.970. The molecule has 4 aliphatic carbocycles. The molecule has 268 valence electrons. The second kappa shape index (κ2) is 13.4. The Labute approximate surface area is 274 Å². The minimum absolute atomic E-state index is 0.0401. The van der Waals surface area contributed by atoms with Gasteiger partial charge in [-0.05, 0) is 91.8 Å². The SMILES string of the molecule is COC1C(OS(=O)(=O)O)COC(O[C@@H](CC[C@@H](C)[C@H]2CC(O)C3[C@]4(O)C[C@H](O)C5C[C@@H](O)CC[C@]5(C)C4CC[C@@]32C)C(C)C)C1O. The first-order valence-corrected chi connectivity index (χ1v) is 18.6. The molecule has 8 unspecified atom stereocenters. The lowest BCUT2D eigenvalue weighted by Gasteiger charge is -2.66. The van der Waals surface area contributed by atoms with E-state index in [2.05, 4.69) is 25.0 Å². The van der Waals surface area contributed by atoms with Gasteiger partial charge in [0.2, 0.25) is 0 Å². The van der Waals surface area contributed by atoms with Crippen molar-refractivity contribution in [2.45, 2.75) is 147 Å². The molecule has 0 bridgehead atoms. The molecule has 0 amide bonds. The first-order valence-electron chi connectivity index (χ1n) is 17.3. The fraction of sp³-hybridized carbons (Fsp3) is 1.00. The lowest BCUT2D eigenvalue weighted by atomic mass is 9.42. The van der Waals surface area contributed by atoms with Crippen LogP contribution in [-0.4, -0.2) is 107 Å². The molecule has 1 aliphatic heterocycles. The Morgan fingerprint density at radius 3 is 2.26 bits per heavy atom. The first-order chi connectivity index (χ1) is 21.4. The third kappa shape index (κ3) is 6.57. The van der Waals surface area contributed by atoms with Gasteiger partial charge in [0.1, 0.15) is 18.3 Å². The number of hydrogen-bond acceptors (Lipinski definition) is 11. The summed E-state index contributed by atoms with van der Waals surface area (Å²) in [6, 6.07) is 0. The van der Waals surface area contributed by atoms with Gasteiger partial charge in [-0.1, -0.05) is 34.6 Å². The highest BCUT2D eigenvalue weighted by atomic mass is 32.3. The summed E-state index contributed by atoms with van der Waals surface area (Å²) in [6.45, 7) is 10.4. The summed E-state index contributed by atoms with van der Waals surface area (Å²) in [7, 11) is -3.47. The second-order valence-electron chi connectivity index (χ2n) is 16.2. The number of aliphatic hydroxyl groups excluding tert-OH is 4. The second-order valence-corrected chi connectivity index (χ2v) is 17.3. The summed E-state index contributed by atoms with van der Waals surface area (Å²) in [5.41, 5.74) is -1.78. The summed E-state index contributed by atoms with van der Waals surface area (Å²) in [5, 5.41) is 56.8. The van der Waals surface area contributed by atoms with Crippen molar-refractivity contribution in [3.05, 3.63) is 0 Å². The number of fused-ring (bicyclic) bond motifs is 5. The van der Waals surface area contributed by atoms with E-state index in [1.165, 1.54) is 7.11 Å². The fourth-order valence-corrected chi connectivity index (χ4v) is 11.6. The summed E-state index contributed by atoms with van der Waals surface area (Å²) < 4.78 is 53.4. The van der Waals surface area contributed by atoms with E-state index in [1.807, 2.05) is 13.8 Å². The summed E-state index contributed by atoms with van der Waals surface area (Å²) >= 11 is 0. The van der Waals surface area contributed by atoms with Gasteiger partial charge in [-0.15, -0.1) is 0 Å². The van der Waals surface area contributed by atoms with E-state index in [9.17, 15) is 34.0 Å². The van der Waals surface area contributed by atoms with E-state index in [1.54, 1.807) is 0 Å². The molecule has 0 radical (unpaired) electrons. The Kier molecular flexibility index (Phi) is 10.7. The number of ether oxygens (including phenoxy) is 3. The van der Waals surface area contributed by atoms with Crippen LogP contribution in [0.3, 0.4) is 0 Å². The zero-order valence-corrected chi connectivity index (χ0v) is 29.0. The fourth-order valence-electron chi connectivity index (χ4n) is 11.2. The Hall–Kier alpha value is -0.450. The zero-order valence-electron chi connectivity index (χ0n) is 28.2. The highest BCUT2D eigenvalue weighted by molar-refractivity contribution is 7.80. The van der Waals surface area contributed by atoms with Crippen molar-refractivity contribution >= 4 is 10.4 Å². The molecule has 13 heteroatoms. The van der Waals surface area contributed by atoms with Crippen molar-refractivity contribution in [3.63, 3.8) is 0 Å². The van der Waals surface area contributed by atoms with Gasteiger partial charge in [0.05, 0.1) is 36.6 Å². The van der Waals surface area contributed by atoms with E-state index in [0.29, 0.717) is 25.7 Å². The minimum atomic E-state index is -4.78. The van der Waals surface area contributed by atoms with Gasteiger partial charge in [-0.3, -0.25) is 4.55 Å². The number of rotatable bonds is 10. The number of methoxy groups -OCH3 is 1. The maximum atomic E-state index is 12.6. The van der Waals surface area contributed by atoms with Gasteiger partial charge in [0.15, 0.2) is 6.29 Å². The van der Waals surface area contributed by atoms with Gasteiger partial charge in [-0.25, -0.2) is 4.18 Å². The molecular weight excluding hydrogens is 620 g/mol. The van der Waals surface area contributed by atoms with Crippen LogP contribution in [0.2, 0.25) is 0 Å². The number of aliphatic hydroxyl groups is 5. The summed E-state index contributed by atoms with van der Waals surface area (Å²) in [4.78, 5) is 0. The van der Waals surface area contributed by atoms with Crippen molar-refractivity contribution in [2.75, 3.05) is 13.7 Å². The molecule has 46 heavy (non-hydrogen) atoms. The van der Waals surface area contributed by atoms with Gasteiger partial charge in [0.25, 0.3) is 0 Å². The van der Waals surface area contributed by atoms with Gasteiger partial charge >= 0.3 is 10.4 Å². The smallest absolute Gasteiger partial charge is 0.393 e. The molecule has 4 saturated carbocycles. The molecule has 5 rings (SSSR count). The van der Waals surface area contributed by atoms with Crippen LogP contribution in [0.4, 0.5) is 0 Å². The van der Waals surface area contributed by atoms with E-state index < -0.39 is 58.9 Å². The molecule has 5 aliphatic rings. The van der Waals surface area contributed by atoms with Crippen molar-refractivity contribution in [1.82, 2.24) is 0 Å². The van der Waals surface area contributed by atoms with Crippen molar-refractivity contribution < 1.29 is 56.9 Å². The monoisotopic (exact) mass is 678 g/mol. The zero-order chi connectivity index (χ0) is 34.0. The van der Waals surface area contributed by atoms with Crippen LogP contribution in [0, 0.1) is 46.3 Å². The normalized spacial score (nSPS) is 49.2. The van der Waals surface area contributed by atoms with Crippen LogP contribution < -0.4 is 0 Å². The molecule has 1 saturated heterocycles. The van der Waals surface area contributed by atoms with Gasteiger partial charge < -0.3 is 39.7 Å². The quantitative estimate of drug-likeness (QED) is 0.185. The molecule has 5 fully saturated rings. The standard InChI is InChI=1S/C33H58O12S/c1-17(2)24(44-30-27(37)28(42-6)25(16-43-30)45-46(39,40)41)8-7-18(3)20-14-22(35)29-32(20,5)12-10-26-31(4)11-9-19(34)13-21(31)23(36)15-33(26,29)38/h17-30,34-38H,7-16H2,1-6H3,(H,39,40,41)/t18-,19+,20-,21?,22?,23+,24+,25?,26?,27?,28?,29?,30?,31+,32-,33+/m1/s1. The van der Waals surface area contributed by atoms with Crippen molar-refractivity contribution in [2.24, 2.45) is 46.3 Å². The molecule has 1 heterocycles. The Balaban J connectivity index is 1.26. The molecule has 16 atom stereocenters. The maximum absolute atomic E-state index is 12.6. The predicted molar refractivity (Wildman–Crippen MR) is 167 cm³/mol. The first kappa shape index (κ1) is 36.8. The predicted octanol–water partition coefficient (Wildman–Crippen LogP) is 2.44. The van der Waals surface area contributed by atoms with Crippen LogP contribution in [0.15, 0.2) is 0 Å². The van der Waals surface area contributed by atoms with Gasteiger partial charge in [0, 0.05) is 19.4 Å². The van der Waals surface area contributed by atoms with Crippen LogP contribution in [-0.2, 0) is 28.8 Å². The highest BCUT2D eigenvalue weighted by Gasteiger charge is 2.70. The average Bonchev–Trinajstić information content (AvgIpc) is 3.23. The lowest BCUT2D eigenvalue weighted by Crippen LogP contribution is -2.68. The van der Waals surface area contributed by atoms with E-state index >= 15 is 0 Å². The largest absolute Gasteiger partial charge is 0.397 e. The lowest BCUT2D eigenvalue weighted by molar-refractivity contribution is -0.287. The minimum Gasteiger partial charge on any atom is -0.393 e. The average molecular weight is 679 g/mol. The maximum Gasteiger partial charge on any atom is 0.397 e. The highest BCUT2D eigenvalue weighted by Crippen LogP contribution is 2.69. The van der Waals surface area contributed by atoms with Crippen LogP contribution in [0.5, 0.6) is 0 Å². The molecule has 0 aromatic carbocycles. The molecular formula is C33H58O12S. The van der Waals surface area contributed by atoms with Gasteiger partial charge in [-0.2, -0.15) is 8.42 Å². The summed E-state index contributed by atoms with van der Waals surface area (Å²) in [5.74, 6) is -0.0457. The third-order valence-electron chi connectivity index (χ3n) is 13.3. The third-order valence-corrected chi connectivity index (χ3v) is 13.8. The molecule has 0 aromatic rings. The van der Waals surface area contributed by atoms with Crippen molar-refractivity contribution in [1.29, 1.82) is 0 Å². The number of hydrogen-bond donors (Lipinski definition) is 6. The van der Waals surface area contributed by atoms with Crippen LogP contribution >= 0.6 is 0 Å². The molecule has 0 aromatic heterocycles. The topological polar surface area (TPSA) is 192 Å². The van der Waals surface area contributed by atoms with E-state index in [0.717, 1.165) is 25.7 Å². The van der Waals surface area contributed by atoms with E-state index in [4.69, 9.17) is 18.8 Å². The Morgan fingerprint density at radius 2 is 1.63 bits per heavy atom. The molecule has 12 nitrogen and oxygen atoms in total. The Bertz CT molecular complexity index is 1170. The molecule has 6 N–H and O–H groups in total. The van der Waals surface area contributed by atoms with Crippen LogP contribution in [0.1, 0.15) is 92.4 Å². The van der Waals surface area contributed by atoms with E-state index in [-0.39, 0.29) is 65.5 Å². The Morgan fingerprint density at radius 1 is 0.957 bits per heavy atom. The van der Waals surface area contributed by atoms with Crippen LogP contribution in [0.25, 0.3) is 0 Å². The van der Waals surface area contributed by atoms with Crippen molar-refractivity contribution in [3.8, 4) is 0 Å². The molecule has 0 spiro atoms.